The first-order chi connectivity index (χ1) is 7.79. The number of carboxylic acids is 1. The van der Waals surface area contributed by atoms with Crippen LogP contribution in [-0.4, -0.2) is 11.9 Å². The number of benzene rings is 1. The zero-order valence-electron chi connectivity index (χ0n) is 9.38. The van der Waals surface area contributed by atoms with Crippen LogP contribution in [0.4, 0.5) is 18.9 Å². The molecule has 0 aliphatic carbocycles. The monoisotopic (exact) mass is 253 g/mol. The third-order valence-electron chi connectivity index (χ3n) is 1.78. The Morgan fingerprint density at radius 1 is 1.28 bits per heavy atom. The maximum Gasteiger partial charge on any atom is 1.00 e. The molecule has 0 bridgehead atoms. The number of hydrogen-bond donors (Lipinski definition) is 1. The van der Waals surface area contributed by atoms with Gasteiger partial charge in [0.1, 0.15) is 0 Å². The van der Waals surface area contributed by atoms with Gasteiger partial charge in [-0.05, 0) is 18.2 Å². The summed E-state index contributed by atoms with van der Waals surface area (Å²) in [5.41, 5.74) is -1.05. The van der Waals surface area contributed by atoms with E-state index in [-0.39, 0.29) is 24.5 Å². The van der Waals surface area contributed by atoms with Crippen molar-refractivity contribution in [2.24, 2.45) is 0 Å². The van der Waals surface area contributed by atoms with E-state index in [4.69, 9.17) is 0 Å². The Morgan fingerprint density at radius 2 is 1.89 bits per heavy atom. The van der Waals surface area contributed by atoms with Crippen LogP contribution in [0.1, 0.15) is 12.0 Å². The summed E-state index contributed by atoms with van der Waals surface area (Å²) in [5, 5.41) is 12.1. The quantitative estimate of drug-likeness (QED) is 0.490. The van der Waals surface area contributed by atoms with E-state index < -0.39 is 30.0 Å². The standard InChI is InChI=1S/C10H8F3NO3.Li/c11-10(12,13)6-2-1-3-7(4-6)14-8(15)5-9(16)17;/h1-4H,5H2,(H,14,15)(H,16,17);/q;+1/p-1. The van der Waals surface area contributed by atoms with Gasteiger partial charge in [0.15, 0.2) is 0 Å². The van der Waals surface area contributed by atoms with Gasteiger partial charge in [-0.25, -0.2) is 0 Å². The van der Waals surface area contributed by atoms with Crippen LogP contribution in [0.3, 0.4) is 0 Å². The van der Waals surface area contributed by atoms with Gasteiger partial charge in [-0.1, -0.05) is 6.07 Å². The van der Waals surface area contributed by atoms with Crippen LogP contribution >= 0.6 is 0 Å². The summed E-state index contributed by atoms with van der Waals surface area (Å²) in [6, 6.07) is 3.89. The van der Waals surface area contributed by atoms with E-state index in [1.54, 1.807) is 0 Å². The molecule has 0 heterocycles. The predicted molar refractivity (Wildman–Crippen MR) is 49.7 cm³/mol. The molecule has 0 atom stereocenters. The van der Waals surface area contributed by atoms with Gasteiger partial charge in [0.25, 0.3) is 0 Å². The van der Waals surface area contributed by atoms with Gasteiger partial charge in [0.2, 0.25) is 5.91 Å². The Morgan fingerprint density at radius 3 is 2.39 bits per heavy atom. The van der Waals surface area contributed by atoms with E-state index in [0.29, 0.717) is 6.07 Å². The summed E-state index contributed by atoms with van der Waals surface area (Å²) < 4.78 is 36.9. The molecule has 92 valence electrons. The molecule has 0 aromatic heterocycles. The van der Waals surface area contributed by atoms with Gasteiger partial charge in [0, 0.05) is 5.69 Å². The molecule has 1 aromatic rings. The molecule has 8 heteroatoms. The average Bonchev–Trinajstić information content (AvgIpc) is 2.15. The normalized spacial score (nSPS) is 10.4. The van der Waals surface area contributed by atoms with Gasteiger partial charge in [0.05, 0.1) is 18.0 Å². The Labute approximate surface area is 112 Å². The van der Waals surface area contributed by atoms with Gasteiger partial charge in [-0.2, -0.15) is 13.2 Å². The molecule has 1 aromatic carbocycles. The Balaban J connectivity index is 0.00000289. The van der Waals surface area contributed by atoms with Crippen LogP contribution in [-0.2, 0) is 15.8 Å². The Kier molecular flexibility index (Phi) is 5.95. The number of hydrogen-bond acceptors (Lipinski definition) is 3. The summed E-state index contributed by atoms with van der Waals surface area (Å²) in [6.07, 6.45) is -5.43. The maximum absolute atomic E-state index is 12.3. The fourth-order valence-corrected chi connectivity index (χ4v) is 1.11. The minimum atomic E-state index is -4.52. The van der Waals surface area contributed by atoms with E-state index >= 15 is 0 Å². The average molecular weight is 253 g/mol. The molecular formula is C10H7F3LiNO3. The number of amides is 1. The minimum absolute atomic E-state index is 0. The van der Waals surface area contributed by atoms with Crippen LogP contribution in [0.2, 0.25) is 0 Å². The first kappa shape index (κ1) is 16.5. The minimum Gasteiger partial charge on any atom is -0.550 e. The molecule has 0 aliphatic heterocycles. The van der Waals surface area contributed by atoms with Gasteiger partial charge >= 0.3 is 25.0 Å². The van der Waals surface area contributed by atoms with Crippen molar-refractivity contribution in [2.45, 2.75) is 12.6 Å². The van der Waals surface area contributed by atoms with Crippen molar-refractivity contribution in [2.75, 3.05) is 5.32 Å². The second-order valence-electron chi connectivity index (χ2n) is 3.18. The van der Waals surface area contributed by atoms with Gasteiger partial charge in [-0.3, -0.25) is 4.79 Å². The summed E-state index contributed by atoms with van der Waals surface area (Å²) in [4.78, 5) is 21.0. The van der Waals surface area contributed by atoms with Gasteiger partial charge in [-0.15, -0.1) is 0 Å². The molecule has 0 radical (unpaired) electrons. The number of carbonyl (C=O) groups is 2. The van der Waals surface area contributed by atoms with Crippen LogP contribution in [0.25, 0.3) is 0 Å². The van der Waals surface area contributed by atoms with E-state index in [1.807, 2.05) is 5.32 Å². The Hall–Kier alpha value is -1.45. The van der Waals surface area contributed by atoms with Crippen LogP contribution < -0.4 is 29.3 Å². The van der Waals surface area contributed by atoms with Crippen molar-refractivity contribution in [3.8, 4) is 0 Å². The molecule has 0 saturated carbocycles. The molecule has 1 amide bonds. The zero-order valence-corrected chi connectivity index (χ0v) is 9.38. The molecule has 0 aliphatic rings. The second kappa shape index (κ2) is 6.47. The number of aliphatic carboxylic acids is 1. The first-order valence-corrected chi connectivity index (χ1v) is 4.46. The number of halogens is 3. The SMILES string of the molecule is O=C([O-])CC(=O)Nc1cccc(C(F)(F)F)c1.[Li+]. The van der Waals surface area contributed by atoms with Crippen molar-refractivity contribution in [1.29, 1.82) is 0 Å². The molecule has 1 N–H and O–H groups in total. The molecule has 4 nitrogen and oxygen atoms in total. The smallest absolute Gasteiger partial charge is 0.550 e. The number of carbonyl (C=O) groups excluding carboxylic acids is 2. The number of nitrogens with one attached hydrogen (secondary N) is 1. The van der Waals surface area contributed by atoms with E-state index in [2.05, 4.69) is 0 Å². The fourth-order valence-electron chi connectivity index (χ4n) is 1.11. The zero-order chi connectivity index (χ0) is 13.1. The molecule has 1 rings (SSSR count). The van der Waals surface area contributed by atoms with Crippen molar-refractivity contribution >= 4 is 17.6 Å². The third-order valence-corrected chi connectivity index (χ3v) is 1.78. The number of anilines is 1. The molecule has 0 saturated heterocycles. The Bertz CT molecular complexity index is 448. The summed E-state index contributed by atoms with van der Waals surface area (Å²) in [6.45, 7) is 0. The van der Waals surface area contributed by atoms with Crippen molar-refractivity contribution < 1.29 is 46.7 Å². The van der Waals surface area contributed by atoms with Crippen LogP contribution in [0.5, 0.6) is 0 Å². The molecule has 18 heavy (non-hydrogen) atoms. The largest absolute Gasteiger partial charge is 1.00 e. The number of carboxylic acid groups (broad SMARTS) is 1. The summed E-state index contributed by atoms with van der Waals surface area (Å²) in [5.74, 6) is -2.54. The van der Waals surface area contributed by atoms with E-state index in [0.717, 1.165) is 12.1 Å². The van der Waals surface area contributed by atoms with Gasteiger partial charge < -0.3 is 15.2 Å². The maximum atomic E-state index is 12.3. The first-order valence-electron chi connectivity index (χ1n) is 4.46. The molecule has 0 unspecified atom stereocenters. The summed E-state index contributed by atoms with van der Waals surface area (Å²) in [7, 11) is 0. The summed E-state index contributed by atoms with van der Waals surface area (Å²) >= 11 is 0. The fraction of sp³-hybridized carbons (Fsp3) is 0.200. The number of alkyl halides is 3. The number of rotatable bonds is 3. The van der Waals surface area contributed by atoms with Crippen LogP contribution in [0, 0.1) is 0 Å². The molecular weight excluding hydrogens is 246 g/mol. The van der Waals surface area contributed by atoms with E-state index in [9.17, 15) is 27.9 Å². The van der Waals surface area contributed by atoms with Crippen LogP contribution in [0.15, 0.2) is 24.3 Å². The molecule has 0 fully saturated rings. The predicted octanol–water partition coefficient (Wildman–Crippen LogP) is -2.21. The second-order valence-corrected chi connectivity index (χ2v) is 3.18. The topological polar surface area (TPSA) is 69.2 Å². The molecule has 0 spiro atoms. The van der Waals surface area contributed by atoms with Crippen molar-refractivity contribution in [3.63, 3.8) is 0 Å². The van der Waals surface area contributed by atoms with E-state index in [1.165, 1.54) is 6.07 Å². The van der Waals surface area contributed by atoms with Crippen molar-refractivity contribution in [3.05, 3.63) is 29.8 Å². The van der Waals surface area contributed by atoms with Crippen molar-refractivity contribution in [1.82, 2.24) is 0 Å². The third kappa shape index (κ3) is 5.25.